The van der Waals surface area contributed by atoms with Crippen LogP contribution in [0.15, 0.2) is 11.8 Å². The molecule has 3 heteroatoms. The number of aliphatic hydroxyl groups excluding tert-OH is 1. The largest absolute Gasteiger partial charge is 0.396 e. The Hall–Kier alpha value is 0.230. The molecule has 0 aromatic rings. The van der Waals surface area contributed by atoms with E-state index in [0.717, 1.165) is 6.42 Å². The number of hydrogen-bond acceptors (Lipinski definition) is 2. The van der Waals surface area contributed by atoms with Gasteiger partial charge in [0.2, 0.25) is 0 Å². The minimum atomic E-state index is 0. The van der Waals surface area contributed by atoms with Gasteiger partial charge in [-0.05, 0) is 26.2 Å². The molecule has 1 rings (SSSR count). The van der Waals surface area contributed by atoms with E-state index in [1.165, 1.54) is 70.2 Å². The smallest absolute Gasteiger partial charge is 0.0431 e. The topological polar surface area (TPSA) is 23.5 Å². The van der Waals surface area contributed by atoms with E-state index in [4.69, 9.17) is 5.11 Å². The quantitative estimate of drug-likeness (QED) is 0.459. The lowest BCUT2D eigenvalue weighted by Gasteiger charge is -2.19. The van der Waals surface area contributed by atoms with E-state index in [1.807, 2.05) is 0 Å². The monoisotopic (exact) mass is 367 g/mol. The van der Waals surface area contributed by atoms with Gasteiger partial charge in [0, 0.05) is 25.4 Å². The lowest BCUT2D eigenvalue weighted by atomic mass is 10.1. The molecular weight excluding hydrogens is 337 g/mol. The minimum absolute atomic E-state index is 0. The van der Waals surface area contributed by atoms with Gasteiger partial charge in [-0.2, -0.15) is 0 Å². The highest BCUT2D eigenvalue weighted by Gasteiger charge is 2.09. The van der Waals surface area contributed by atoms with Crippen molar-refractivity contribution in [1.29, 1.82) is 0 Å². The second-order valence-corrected chi connectivity index (χ2v) is 5.17. The van der Waals surface area contributed by atoms with Gasteiger partial charge in [-0.15, -0.1) is 24.0 Å². The Morgan fingerprint density at radius 3 is 2.06 bits per heavy atom. The van der Waals surface area contributed by atoms with E-state index in [0.29, 0.717) is 6.61 Å². The molecule has 0 atom stereocenters. The third kappa shape index (κ3) is 8.35. The Balaban J connectivity index is 0.00000289. The maximum absolute atomic E-state index is 8.65. The van der Waals surface area contributed by atoms with E-state index in [9.17, 15) is 0 Å². The zero-order valence-corrected chi connectivity index (χ0v) is 14.2. The molecule has 0 bridgehead atoms. The third-order valence-corrected chi connectivity index (χ3v) is 3.67. The molecule has 108 valence electrons. The number of hydrogen-bond donors (Lipinski definition) is 1. The van der Waals surface area contributed by atoms with Gasteiger partial charge in [0.25, 0.3) is 0 Å². The van der Waals surface area contributed by atoms with Crippen LogP contribution in [0.1, 0.15) is 64.7 Å². The molecular formula is C15H30INO. The van der Waals surface area contributed by atoms with Crippen molar-refractivity contribution in [3.63, 3.8) is 0 Å². The Labute approximate surface area is 130 Å². The fraction of sp³-hybridized carbons (Fsp3) is 0.867. The molecule has 0 amide bonds. The molecule has 0 radical (unpaired) electrons. The number of allylic oxidation sites excluding steroid dienone is 1. The average molecular weight is 367 g/mol. The summed E-state index contributed by atoms with van der Waals surface area (Å²) in [6.07, 6.45) is 13.9. The van der Waals surface area contributed by atoms with E-state index in [2.05, 4.69) is 17.9 Å². The molecule has 0 aromatic heterocycles. The summed E-state index contributed by atoms with van der Waals surface area (Å²) in [7, 11) is 0. The molecule has 0 aliphatic carbocycles. The highest BCUT2D eigenvalue weighted by molar-refractivity contribution is 14.0. The molecule has 1 aliphatic rings. The molecule has 18 heavy (non-hydrogen) atoms. The zero-order chi connectivity index (χ0) is 12.3. The Kier molecular flexibility index (Phi) is 12.4. The van der Waals surface area contributed by atoms with Crippen molar-refractivity contribution in [1.82, 2.24) is 4.90 Å². The predicted molar refractivity (Wildman–Crippen MR) is 89.4 cm³/mol. The molecule has 0 saturated carbocycles. The molecule has 1 N–H and O–H groups in total. The third-order valence-electron chi connectivity index (χ3n) is 3.67. The minimum Gasteiger partial charge on any atom is -0.396 e. The predicted octanol–water partition coefficient (Wildman–Crippen LogP) is 4.33. The first-order valence-electron chi connectivity index (χ1n) is 7.37. The van der Waals surface area contributed by atoms with Gasteiger partial charge in [0.05, 0.1) is 0 Å². The molecule has 0 spiro atoms. The number of unbranched alkanes of at least 4 members (excludes halogenated alkanes) is 7. The van der Waals surface area contributed by atoms with Crippen LogP contribution in [0.2, 0.25) is 0 Å². The van der Waals surface area contributed by atoms with Gasteiger partial charge in [0.15, 0.2) is 0 Å². The normalized spacial score (nSPS) is 14.6. The van der Waals surface area contributed by atoms with E-state index in [1.54, 1.807) is 0 Å². The van der Waals surface area contributed by atoms with Crippen molar-refractivity contribution < 1.29 is 5.11 Å². The van der Waals surface area contributed by atoms with Crippen LogP contribution in [0.5, 0.6) is 0 Å². The van der Waals surface area contributed by atoms with Gasteiger partial charge in [-0.25, -0.2) is 0 Å². The Morgan fingerprint density at radius 2 is 1.56 bits per heavy atom. The summed E-state index contributed by atoms with van der Waals surface area (Å²) < 4.78 is 0. The van der Waals surface area contributed by atoms with Crippen molar-refractivity contribution in [2.75, 3.05) is 19.7 Å². The molecule has 1 heterocycles. The summed E-state index contributed by atoms with van der Waals surface area (Å²) in [5, 5.41) is 8.65. The number of halogens is 1. The van der Waals surface area contributed by atoms with Crippen LogP contribution in [0.4, 0.5) is 0 Å². The SMILES string of the molecule is CC1=CCCN1CCCCCCCCCCO.I. The first kappa shape index (κ1) is 18.2. The van der Waals surface area contributed by atoms with Crippen molar-refractivity contribution >= 4 is 24.0 Å². The highest BCUT2D eigenvalue weighted by Crippen LogP contribution is 2.15. The summed E-state index contributed by atoms with van der Waals surface area (Å²) in [6, 6.07) is 0. The molecule has 1 aliphatic heterocycles. The fourth-order valence-electron chi connectivity index (χ4n) is 2.50. The Morgan fingerprint density at radius 1 is 1.00 bits per heavy atom. The summed E-state index contributed by atoms with van der Waals surface area (Å²) in [5.41, 5.74) is 1.48. The summed E-state index contributed by atoms with van der Waals surface area (Å²) in [5.74, 6) is 0. The first-order chi connectivity index (χ1) is 8.34. The molecule has 0 unspecified atom stereocenters. The number of nitrogens with zero attached hydrogens (tertiary/aromatic N) is 1. The zero-order valence-electron chi connectivity index (χ0n) is 11.9. The first-order valence-corrected chi connectivity index (χ1v) is 7.37. The van der Waals surface area contributed by atoms with E-state index >= 15 is 0 Å². The highest BCUT2D eigenvalue weighted by atomic mass is 127. The van der Waals surface area contributed by atoms with Crippen LogP contribution in [0.3, 0.4) is 0 Å². The van der Waals surface area contributed by atoms with Gasteiger partial charge >= 0.3 is 0 Å². The van der Waals surface area contributed by atoms with Crippen LogP contribution in [0, 0.1) is 0 Å². The van der Waals surface area contributed by atoms with E-state index in [-0.39, 0.29) is 24.0 Å². The van der Waals surface area contributed by atoms with Crippen molar-refractivity contribution in [3.05, 3.63) is 11.8 Å². The molecule has 2 nitrogen and oxygen atoms in total. The Bertz CT molecular complexity index is 219. The fourth-order valence-corrected chi connectivity index (χ4v) is 2.50. The molecule has 0 fully saturated rings. The van der Waals surface area contributed by atoms with E-state index < -0.39 is 0 Å². The number of rotatable bonds is 10. The second-order valence-electron chi connectivity index (χ2n) is 5.17. The van der Waals surface area contributed by atoms with Gasteiger partial charge in [-0.3, -0.25) is 0 Å². The maximum atomic E-state index is 8.65. The summed E-state index contributed by atoms with van der Waals surface area (Å²) >= 11 is 0. The second kappa shape index (κ2) is 12.3. The van der Waals surface area contributed by atoms with Crippen LogP contribution in [-0.4, -0.2) is 29.7 Å². The van der Waals surface area contributed by atoms with Gasteiger partial charge in [-0.1, -0.05) is 44.6 Å². The standard InChI is InChI=1S/C15H29NO.HI/c1-15-11-10-13-16(15)12-8-6-4-2-3-5-7-9-14-17;/h11,17H,2-10,12-14H2,1H3;1H. The van der Waals surface area contributed by atoms with Crippen LogP contribution < -0.4 is 0 Å². The van der Waals surface area contributed by atoms with Gasteiger partial charge in [0.1, 0.15) is 0 Å². The molecule has 0 aromatic carbocycles. The van der Waals surface area contributed by atoms with Crippen LogP contribution in [-0.2, 0) is 0 Å². The number of aliphatic hydroxyl groups is 1. The lowest BCUT2D eigenvalue weighted by molar-refractivity contribution is 0.282. The van der Waals surface area contributed by atoms with Crippen LogP contribution in [0.25, 0.3) is 0 Å². The summed E-state index contributed by atoms with van der Waals surface area (Å²) in [4.78, 5) is 2.52. The van der Waals surface area contributed by atoms with Gasteiger partial charge < -0.3 is 10.0 Å². The molecule has 0 saturated heterocycles. The average Bonchev–Trinajstić information content (AvgIpc) is 2.73. The lowest BCUT2D eigenvalue weighted by Crippen LogP contribution is -2.19. The van der Waals surface area contributed by atoms with Crippen molar-refractivity contribution in [2.45, 2.75) is 64.7 Å². The van der Waals surface area contributed by atoms with Crippen molar-refractivity contribution in [3.8, 4) is 0 Å². The summed E-state index contributed by atoms with van der Waals surface area (Å²) in [6.45, 7) is 5.09. The van der Waals surface area contributed by atoms with Crippen molar-refractivity contribution in [2.24, 2.45) is 0 Å². The van der Waals surface area contributed by atoms with Crippen LogP contribution >= 0.6 is 24.0 Å². The maximum Gasteiger partial charge on any atom is 0.0431 e.